The number of nitrogens with one attached hydrogen (secondary N) is 1. The van der Waals surface area contributed by atoms with Crippen LogP contribution in [0, 0.1) is 0 Å². The predicted octanol–water partition coefficient (Wildman–Crippen LogP) is 1.11. The largest absolute Gasteiger partial charge is 0.462 e. The molecule has 7 nitrogen and oxygen atoms in total. The number of hydrogen-bond donors (Lipinski definition) is 1. The van der Waals surface area contributed by atoms with E-state index in [0.717, 1.165) is 0 Å². The third-order valence-corrected chi connectivity index (χ3v) is 1.84. The maximum atomic E-state index is 11.3. The number of hydrogen-bond acceptors (Lipinski definition) is 6. The van der Waals surface area contributed by atoms with Gasteiger partial charge in [0, 0.05) is 6.61 Å². The van der Waals surface area contributed by atoms with Gasteiger partial charge in [-0.15, -0.1) is 0 Å². The minimum absolute atomic E-state index is 0.140. The van der Waals surface area contributed by atoms with E-state index in [9.17, 15) is 9.59 Å². The molecule has 0 bridgehead atoms. The second-order valence-corrected chi connectivity index (χ2v) is 4.89. The maximum absolute atomic E-state index is 11.3. The van der Waals surface area contributed by atoms with Crippen LogP contribution in [0.2, 0.25) is 0 Å². The van der Waals surface area contributed by atoms with Crippen molar-refractivity contribution in [1.82, 2.24) is 5.32 Å². The van der Waals surface area contributed by atoms with Crippen molar-refractivity contribution < 1.29 is 28.5 Å². The van der Waals surface area contributed by atoms with Crippen LogP contribution in [0.4, 0.5) is 4.79 Å². The quantitative estimate of drug-likeness (QED) is 0.506. The molecular formula is C13H25NO6. The number of ether oxygens (including phenoxy) is 4. The summed E-state index contributed by atoms with van der Waals surface area (Å²) in [6.45, 7) is 8.96. The van der Waals surface area contributed by atoms with Gasteiger partial charge in [-0.1, -0.05) is 0 Å². The standard InChI is InChI=1S/C13H25NO6/c1-5-17-6-7-18-8-9-19-11(15)10-14-12(16)20-13(2,3)4/h5-10H2,1-4H3,(H,14,16). The first kappa shape index (κ1) is 18.7. The van der Waals surface area contributed by atoms with E-state index in [4.69, 9.17) is 18.9 Å². The second-order valence-electron chi connectivity index (χ2n) is 4.89. The van der Waals surface area contributed by atoms with Gasteiger partial charge < -0.3 is 24.3 Å². The molecule has 0 saturated heterocycles. The number of rotatable bonds is 9. The lowest BCUT2D eigenvalue weighted by atomic mass is 10.2. The van der Waals surface area contributed by atoms with Crippen LogP contribution >= 0.6 is 0 Å². The molecule has 118 valence electrons. The first-order valence-electron chi connectivity index (χ1n) is 6.63. The summed E-state index contributed by atoms with van der Waals surface area (Å²) in [5, 5.41) is 2.31. The van der Waals surface area contributed by atoms with Crippen molar-refractivity contribution in [2.24, 2.45) is 0 Å². The number of carbonyl (C=O) groups excluding carboxylic acids is 2. The first-order chi connectivity index (χ1) is 9.35. The SMILES string of the molecule is CCOCCOCCOC(=O)CNC(=O)OC(C)(C)C. The molecule has 0 spiro atoms. The van der Waals surface area contributed by atoms with Gasteiger partial charge in [0.15, 0.2) is 0 Å². The molecule has 1 N–H and O–H groups in total. The lowest BCUT2D eigenvalue weighted by Gasteiger charge is -2.19. The van der Waals surface area contributed by atoms with Crippen molar-refractivity contribution in [2.45, 2.75) is 33.3 Å². The number of esters is 1. The molecular weight excluding hydrogens is 266 g/mol. The average molecular weight is 291 g/mol. The highest BCUT2D eigenvalue weighted by Gasteiger charge is 2.16. The van der Waals surface area contributed by atoms with Crippen molar-refractivity contribution in [3.05, 3.63) is 0 Å². The topological polar surface area (TPSA) is 83.1 Å². The summed E-state index contributed by atoms with van der Waals surface area (Å²) in [5.41, 5.74) is -0.595. The highest BCUT2D eigenvalue weighted by molar-refractivity contribution is 5.77. The van der Waals surface area contributed by atoms with Gasteiger partial charge in [-0.3, -0.25) is 4.79 Å². The summed E-state index contributed by atoms with van der Waals surface area (Å²) >= 11 is 0. The Kier molecular flexibility index (Phi) is 9.75. The van der Waals surface area contributed by atoms with Crippen molar-refractivity contribution in [3.63, 3.8) is 0 Å². The zero-order chi connectivity index (χ0) is 15.4. The molecule has 0 saturated carbocycles. The molecule has 0 aromatic carbocycles. The average Bonchev–Trinajstić information content (AvgIpc) is 2.33. The molecule has 0 aliphatic carbocycles. The molecule has 0 aromatic heterocycles. The minimum Gasteiger partial charge on any atom is -0.462 e. The molecule has 7 heteroatoms. The van der Waals surface area contributed by atoms with Gasteiger partial charge in [-0.2, -0.15) is 0 Å². The molecule has 0 aliphatic rings. The molecule has 0 atom stereocenters. The molecule has 0 unspecified atom stereocenters. The Balaban J connectivity index is 3.48. The van der Waals surface area contributed by atoms with E-state index < -0.39 is 17.7 Å². The van der Waals surface area contributed by atoms with E-state index in [1.54, 1.807) is 20.8 Å². The lowest BCUT2D eigenvalue weighted by molar-refractivity contribution is -0.144. The Morgan fingerprint density at radius 1 is 1.00 bits per heavy atom. The van der Waals surface area contributed by atoms with Crippen LogP contribution in [-0.2, 0) is 23.7 Å². The fourth-order valence-electron chi connectivity index (χ4n) is 1.09. The van der Waals surface area contributed by atoms with E-state index in [-0.39, 0.29) is 13.2 Å². The summed E-state index contributed by atoms with van der Waals surface area (Å²) in [4.78, 5) is 22.5. The van der Waals surface area contributed by atoms with Gasteiger partial charge in [0.25, 0.3) is 0 Å². The van der Waals surface area contributed by atoms with Crippen LogP contribution in [-0.4, -0.2) is 57.2 Å². The van der Waals surface area contributed by atoms with Crippen molar-refractivity contribution in [3.8, 4) is 0 Å². The number of alkyl carbamates (subject to hydrolysis) is 1. The van der Waals surface area contributed by atoms with Crippen LogP contribution in [0.25, 0.3) is 0 Å². The third-order valence-electron chi connectivity index (χ3n) is 1.84. The van der Waals surface area contributed by atoms with Gasteiger partial charge in [-0.25, -0.2) is 4.79 Å². The Bertz CT molecular complexity index is 287. The Hall–Kier alpha value is -1.34. The summed E-state index contributed by atoms with van der Waals surface area (Å²) in [6, 6.07) is 0. The predicted molar refractivity (Wildman–Crippen MR) is 72.5 cm³/mol. The van der Waals surface area contributed by atoms with E-state index >= 15 is 0 Å². The zero-order valence-electron chi connectivity index (χ0n) is 12.7. The van der Waals surface area contributed by atoms with Crippen LogP contribution in [0.15, 0.2) is 0 Å². The molecule has 0 fully saturated rings. The summed E-state index contributed by atoms with van der Waals surface area (Å²) in [7, 11) is 0. The van der Waals surface area contributed by atoms with E-state index in [1.807, 2.05) is 6.92 Å². The van der Waals surface area contributed by atoms with Gasteiger partial charge in [0.2, 0.25) is 0 Å². The zero-order valence-corrected chi connectivity index (χ0v) is 12.7. The van der Waals surface area contributed by atoms with Gasteiger partial charge in [0.05, 0.1) is 19.8 Å². The van der Waals surface area contributed by atoms with Gasteiger partial charge in [0.1, 0.15) is 18.8 Å². The minimum atomic E-state index is -0.651. The number of amides is 1. The van der Waals surface area contributed by atoms with Crippen LogP contribution in [0.5, 0.6) is 0 Å². The van der Waals surface area contributed by atoms with E-state index in [0.29, 0.717) is 26.4 Å². The highest BCUT2D eigenvalue weighted by Crippen LogP contribution is 2.06. The van der Waals surface area contributed by atoms with Gasteiger partial charge >= 0.3 is 12.1 Å². The lowest BCUT2D eigenvalue weighted by Crippen LogP contribution is -2.36. The third kappa shape index (κ3) is 13.1. The molecule has 20 heavy (non-hydrogen) atoms. The maximum Gasteiger partial charge on any atom is 0.408 e. The van der Waals surface area contributed by atoms with Gasteiger partial charge in [-0.05, 0) is 27.7 Å². The summed E-state index contributed by atoms with van der Waals surface area (Å²) in [5.74, 6) is -0.538. The molecule has 0 radical (unpaired) electrons. The summed E-state index contributed by atoms with van der Waals surface area (Å²) in [6.07, 6.45) is -0.651. The molecule has 0 aromatic rings. The second kappa shape index (κ2) is 10.4. The van der Waals surface area contributed by atoms with Crippen molar-refractivity contribution in [1.29, 1.82) is 0 Å². The molecule has 0 rings (SSSR count). The number of carbonyl (C=O) groups is 2. The highest BCUT2D eigenvalue weighted by atomic mass is 16.6. The Morgan fingerprint density at radius 3 is 2.20 bits per heavy atom. The van der Waals surface area contributed by atoms with Crippen LogP contribution in [0.1, 0.15) is 27.7 Å². The molecule has 0 aliphatic heterocycles. The van der Waals surface area contributed by atoms with Crippen LogP contribution in [0.3, 0.4) is 0 Å². The first-order valence-corrected chi connectivity index (χ1v) is 6.63. The molecule has 1 amide bonds. The Morgan fingerprint density at radius 2 is 1.60 bits per heavy atom. The Labute approximate surface area is 119 Å². The fraction of sp³-hybridized carbons (Fsp3) is 0.846. The fourth-order valence-corrected chi connectivity index (χ4v) is 1.09. The summed E-state index contributed by atoms with van der Waals surface area (Å²) < 4.78 is 20.1. The monoisotopic (exact) mass is 291 g/mol. The van der Waals surface area contributed by atoms with Crippen LogP contribution < -0.4 is 5.32 Å². The molecule has 0 heterocycles. The van der Waals surface area contributed by atoms with E-state index in [1.165, 1.54) is 0 Å². The van der Waals surface area contributed by atoms with Crippen molar-refractivity contribution in [2.75, 3.05) is 39.6 Å². The van der Waals surface area contributed by atoms with E-state index in [2.05, 4.69) is 5.32 Å². The normalized spacial score (nSPS) is 11.0. The smallest absolute Gasteiger partial charge is 0.408 e. The van der Waals surface area contributed by atoms with Crippen molar-refractivity contribution >= 4 is 12.1 Å².